The maximum Gasteiger partial charge on any atom is 0.261 e. The first-order valence-corrected chi connectivity index (χ1v) is 10.8. The molecule has 9 heteroatoms. The van der Waals surface area contributed by atoms with Gasteiger partial charge in [-0.05, 0) is 61.0 Å². The molecule has 0 bridgehead atoms. The van der Waals surface area contributed by atoms with Gasteiger partial charge in [-0.1, -0.05) is 6.07 Å². The van der Waals surface area contributed by atoms with Crippen molar-refractivity contribution in [1.82, 2.24) is 4.98 Å². The molecule has 0 aliphatic carbocycles. The summed E-state index contributed by atoms with van der Waals surface area (Å²) in [6, 6.07) is 13.6. The van der Waals surface area contributed by atoms with Gasteiger partial charge >= 0.3 is 0 Å². The highest BCUT2D eigenvalue weighted by atomic mass is 32.2. The fraction of sp³-hybridized carbons (Fsp3) is 0.0952. The van der Waals surface area contributed by atoms with Crippen molar-refractivity contribution in [3.8, 4) is 0 Å². The molecule has 3 rings (SSSR count). The van der Waals surface area contributed by atoms with Crippen molar-refractivity contribution >= 4 is 33.0 Å². The van der Waals surface area contributed by atoms with Gasteiger partial charge in [-0.25, -0.2) is 8.42 Å². The summed E-state index contributed by atoms with van der Waals surface area (Å²) in [6.07, 6.45) is 2.51. The first-order valence-electron chi connectivity index (χ1n) is 8.86. The molecule has 154 valence electrons. The van der Waals surface area contributed by atoms with E-state index in [9.17, 15) is 22.8 Å². The Morgan fingerprint density at radius 3 is 2.37 bits per heavy atom. The Bertz CT molecular complexity index is 1300. The molecule has 0 spiro atoms. The number of aryl methyl sites for hydroxylation is 1. The zero-order valence-electron chi connectivity index (χ0n) is 16.2. The summed E-state index contributed by atoms with van der Waals surface area (Å²) >= 11 is 0. The predicted octanol–water partition coefficient (Wildman–Crippen LogP) is 2.59. The number of hydrogen-bond acceptors (Lipinski definition) is 5. The lowest BCUT2D eigenvalue weighted by Crippen LogP contribution is -2.22. The van der Waals surface area contributed by atoms with Gasteiger partial charge in [-0.3, -0.25) is 14.4 Å². The predicted molar refractivity (Wildman–Crippen MR) is 114 cm³/mol. The van der Waals surface area contributed by atoms with E-state index in [1.807, 2.05) is 0 Å². The third-order valence-electron chi connectivity index (χ3n) is 4.32. The van der Waals surface area contributed by atoms with Crippen LogP contribution in [0.1, 0.15) is 26.3 Å². The molecule has 0 fully saturated rings. The molecule has 3 N–H and O–H groups in total. The van der Waals surface area contributed by atoms with Gasteiger partial charge in [0, 0.05) is 29.4 Å². The van der Waals surface area contributed by atoms with Crippen LogP contribution in [0.3, 0.4) is 0 Å². The van der Waals surface area contributed by atoms with E-state index >= 15 is 0 Å². The van der Waals surface area contributed by atoms with Crippen LogP contribution < -0.4 is 16.2 Å². The number of carbonyl (C=O) groups excluding carboxylic acids is 2. The Hall–Kier alpha value is -3.72. The van der Waals surface area contributed by atoms with Crippen molar-refractivity contribution in [3.63, 3.8) is 0 Å². The van der Waals surface area contributed by atoms with Crippen molar-refractivity contribution in [3.05, 3.63) is 87.8 Å². The molecule has 2 amide bonds. The van der Waals surface area contributed by atoms with Crippen molar-refractivity contribution in [2.45, 2.75) is 11.8 Å². The molecule has 8 nitrogen and oxygen atoms in total. The van der Waals surface area contributed by atoms with Crippen molar-refractivity contribution in [2.75, 3.05) is 16.9 Å². The highest BCUT2D eigenvalue weighted by molar-refractivity contribution is 7.90. The van der Waals surface area contributed by atoms with E-state index in [2.05, 4.69) is 15.6 Å². The van der Waals surface area contributed by atoms with Crippen LogP contribution in [0.15, 0.2) is 70.5 Å². The molecule has 1 aromatic heterocycles. The normalized spacial score (nSPS) is 11.0. The van der Waals surface area contributed by atoms with E-state index < -0.39 is 27.2 Å². The number of carbonyl (C=O) groups is 2. The Balaban J connectivity index is 1.76. The molecule has 3 aromatic rings. The van der Waals surface area contributed by atoms with Crippen LogP contribution in [0.25, 0.3) is 0 Å². The molecular formula is C21H19N3O5S. The van der Waals surface area contributed by atoms with E-state index in [-0.39, 0.29) is 16.0 Å². The van der Waals surface area contributed by atoms with Gasteiger partial charge in [0.15, 0.2) is 9.84 Å². The van der Waals surface area contributed by atoms with Crippen molar-refractivity contribution in [2.24, 2.45) is 0 Å². The van der Waals surface area contributed by atoms with E-state index in [1.165, 1.54) is 36.5 Å². The molecule has 0 radical (unpaired) electrons. The largest absolute Gasteiger partial charge is 0.328 e. The Morgan fingerprint density at radius 1 is 0.933 bits per heavy atom. The molecular weight excluding hydrogens is 406 g/mol. The summed E-state index contributed by atoms with van der Waals surface area (Å²) in [5.41, 5.74) is 1.32. The average Bonchev–Trinajstić information content (AvgIpc) is 2.69. The summed E-state index contributed by atoms with van der Waals surface area (Å²) in [4.78, 5) is 39.0. The molecule has 2 aromatic carbocycles. The van der Waals surface area contributed by atoms with Gasteiger partial charge in [-0.2, -0.15) is 0 Å². The third-order valence-corrected chi connectivity index (χ3v) is 5.43. The fourth-order valence-electron chi connectivity index (χ4n) is 2.74. The third kappa shape index (κ3) is 4.81. The first kappa shape index (κ1) is 21.0. The zero-order chi connectivity index (χ0) is 21.9. The number of H-pyrrole nitrogens is 1. The van der Waals surface area contributed by atoms with Crippen molar-refractivity contribution < 1.29 is 18.0 Å². The maximum atomic E-state index is 12.5. The lowest BCUT2D eigenvalue weighted by atomic mass is 10.1. The van der Waals surface area contributed by atoms with Crippen LogP contribution in [-0.2, 0) is 9.84 Å². The minimum Gasteiger partial charge on any atom is -0.328 e. The highest BCUT2D eigenvalue weighted by Crippen LogP contribution is 2.21. The number of rotatable bonds is 5. The van der Waals surface area contributed by atoms with Gasteiger partial charge in [-0.15, -0.1) is 0 Å². The smallest absolute Gasteiger partial charge is 0.261 e. The second kappa shape index (κ2) is 8.34. The molecule has 0 saturated heterocycles. The molecule has 1 heterocycles. The molecule has 0 saturated carbocycles. The average molecular weight is 425 g/mol. The lowest BCUT2D eigenvalue weighted by molar-refractivity contribution is 0.101. The molecule has 0 aliphatic rings. The highest BCUT2D eigenvalue weighted by Gasteiger charge is 2.14. The Morgan fingerprint density at radius 2 is 1.70 bits per heavy atom. The van der Waals surface area contributed by atoms with Gasteiger partial charge in [0.05, 0.1) is 4.90 Å². The van der Waals surface area contributed by atoms with Crippen LogP contribution in [0.2, 0.25) is 0 Å². The van der Waals surface area contributed by atoms with Crippen LogP contribution >= 0.6 is 0 Å². The minimum atomic E-state index is -3.43. The number of benzene rings is 2. The van der Waals surface area contributed by atoms with Gasteiger partial charge < -0.3 is 15.6 Å². The van der Waals surface area contributed by atoms with E-state index in [0.29, 0.717) is 16.9 Å². The number of amides is 2. The Kier molecular flexibility index (Phi) is 5.84. The SMILES string of the molecule is Cc1cc(NC(=O)c2ccc[nH]c2=O)ccc1NC(=O)c1cccc(S(C)(=O)=O)c1. The van der Waals surface area contributed by atoms with Gasteiger partial charge in [0.2, 0.25) is 0 Å². The van der Waals surface area contributed by atoms with Crippen LogP contribution in [0.4, 0.5) is 11.4 Å². The zero-order valence-corrected chi connectivity index (χ0v) is 17.0. The first-order chi connectivity index (χ1) is 14.1. The number of pyridine rings is 1. The fourth-order valence-corrected chi connectivity index (χ4v) is 3.41. The van der Waals surface area contributed by atoms with Crippen molar-refractivity contribution in [1.29, 1.82) is 0 Å². The van der Waals surface area contributed by atoms with Gasteiger partial charge in [0.1, 0.15) is 5.56 Å². The van der Waals surface area contributed by atoms with Gasteiger partial charge in [0.25, 0.3) is 17.4 Å². The standard InChI is InChI=1S/C21H19N3O5S/c1-13-11-15(23-21(27)17-7-4-10-22-20(17)26)8-9-18(13)24-19(25)14-5-3-6-16(12-14)30(2,28)29/h3-12H,1-2H3,(H,22,26)(H,23,27)(H,24,25). The van der Waals surface area contributed by atoms with E-state index in [0.717, 1.165) is 6.26 Å². The monoisotopic (exact) mass is 425 g/mol. The molecule has 0 unspecified atom stereocenters. The maximum absolute atomic E-state index is 12.5. The van der Waals surface area contributed by atoms with E-state index in [4.69, 9.17) is 0 Å². The van der Waals surface area contributed by atoms with Crippen LogP contribution in [-0.4, -0.2) is 31.5 Å². The topological polar surface area (TPSA) is 125 Å². The molecule has 0 atom stereocenters. The number of aromatic amines is 1. The number of hydrogen-bond donors (Lipinski definition) is 3. The molecule has 0 aliphatic heterocycles. The summed E-state index contributed by atoms with van der Waals surface area (Å²) in [6.45, 7) is 1.74. The summed E-state index contributed by atoms with van der Waals surface area (Å²) in [5, 5.41) is 5.36. The van der Waals surface area contributed by atoms with Crippen LogP contribution in [0, 0.1) is 6.92 Å². The summed E-state index contributed by atoms with van der Waals surface area (Å²) in [5.74, 6) is -1.01. The molecule has 30 heavy (non-hydrogen) atoms. The number of anilines is 2. The minimum absolute atomic E-state index is 0.0155. The summed E-state index contributed by atoms with van der Waals surface area (Å²) in [7, 11) is -3.43. The second-order valence-corrected chi connectivity index (χ2v) is 8.67. The number of aromatic nitrogens is 1. The van der Waals surface area contributed by atoms with E-state index in [1.54, 1.807) is 31.2 Å². The quantitative estimate of drug-likeness (QED) is 0.579. The summed E-state index contributed by atoms with van der Waals surface area (Å²) < 4.78 is 23.4. The number of nitrogens with one attached hydrogen (secondary N) is 3. The Labute approximate surface area is 172 Å². The second-order valence-electron chi connectivity index (χ2n) is 6.65. The van der Waals surface area contributed by atoms with Crippen LogP contribution in [0.5, 0.6) is 0 Å². The number of sulfone groups is 1. The lowest BCUT2D eigenvalue weighted by Gasteiger charge is -2.11.